The zero-order valence-electron chi connectivity index (χ0n) is 12.1. The fourth-order valence-electron chi connectivity index (χ4n) is 2.62. The molecule has 1 aromatic rings. The van der Waals surface area contributed by atoms with Crippen LogP contribution in [0.1, 0.15) is 29.5 Å². The van der Waals surface area contributed by atoms with Gasteiger partial charge in [0.2, 0.25) is 5.91 Å². The molecule has 130 valence electrons. The average molecular weight is 365 g/mol. The van der Waals surface area contributed by atoms with Crippen molar-refractivity contribution in [2.24, 2.45) is 5.92 Å². The van der Waals surface area contributed by atoms with E-state index in [4.69, 9.17) is 11.6 Å². The molecule has 2 fully saturated rings. The SMILES string of the molecule is O=C1NCC(c2cc([C@@H]3C[C@H]3COC(F)(F)F)c(Cl)nn2)C(=O)N1. The lowest BCUT2D eigenvalue weighted by atomic mass is 10.0. The van der Waals surface area contributed by atoms with Crippen molar-refractivity contribution in [3.05, 3.63) is 22.5 Å². The van der Waals surface area contributed by atoms with Crippen molar-refractivity contribution in [1.82, 2.24) is 20.8 Å². The monoisotopic (exact) mass is 364 g/mol. The normalized spacial score (nSPS) is 26.8. The summed E-state index contributed by atoms with van der Waals surface area (Å²) >= 11 is 5.98. The van der Waals surface area contributed by atoms with Crippen LogP contribution in [0.2, 0.25) is 5.15 Å². The lowest BCUT2D eigenvalue weighted by Gasteiger charge is -2.21. The van der Waals surface area contributed by atoms with Crippen LogP contribution in [0.4, 0.5) is 18.0 Å². The molecule has 1 saturated carbocycles. The third-order valence-corrected chi connectivity index (χ3v) is 4.25. The Morgan fingerprint density at radius 2 is 2.08 bits per heavy atom. The molecule has 11 heteroatoms. The van der Waals surface area contributed by atoms with Crippen LogP contribution in [0.15, 0.2) is 6.07 Å². The Labute approximate surface area is 138 Å². The molecule has 0 spiro atoms. The van der Waals surface area contributed by atoms with E-state index in [1.165, 1.54) is 0 Å². The Hall–Kier alpha value is -1.94. The minimum Gasteiger partial charge on any atom is -0.337 e. The van der Waals surface area contributed by atoms with Gasteiger partial charge in [0.25, 0.3) is 0 Å². The Morgan fingerprint density at radius 3 is 2.75 bits per heavy atom. The molecule has 1 aliphatic heterocycles. The molecular formula is C13H12ClF3N4O3. The minimum atomic E-state index is -4.67. The van der Waals surface area contributed by atoms with Crippen LogP contribution in [0, 0.1) is 5.92 Å². The summed E-state index contributed by atoms with van der Waals surface area (Å²) in [6.45, 7) is -0.395. The summed E-state index contributed by atoms with van der Waals surface area (Å²) in [4.78, 5) is 22.9. The summed E-state index contributed by atoms with van der Waals surface area (Å²) in [6, 6.07) is 0.958. The molecule has 0 bridgehead atoms. The molecule has 0 radical (unpaired) electrons. The lowest BCUT2D eigenvalue weighted by molar-refractivity contribution is -0.326. The Morgan fingerprint density at radius 1 is 1.33 bits per heavy atom. The van der Waals surface area contributed by atoms with Crippen LogP contribution in [0.25, 0.3) is 0 Å². The first-order valence-electron chi connectivity index (χ1n) is 7.07. The van der Waals surface area contributed by atoms with Crippen LogP contribution >= 0.6 is 11.6 Å². The van der Waals surface area contributed by atoms with Crippen LogP contribution in [0.5, 0.6) is 0 Å². The number of carbonyl (C=O) groups is 2. The van der Waals surface area contributed by atoms with Gasteiger partial charge in [-0.15, -0.1) is 18.3 Å². The number of ether oxygens (including phenoxy) is 1. The summed E-state index contributed by atoms with van der Waals surface area (Å²) in [5.74, 6) is -1.79. The smallest absolute Gasteiger partial charge is 0.337 e. The van der Waals surface area contributed by atoms with Gasteiger partial charge in [0, 0.05) is 6.54 Å². The largest absolute Gasteiger partial charge is 0.522 e. The second kappa shape index (κ2) is 6.17. The number of imide groups is 1. The topological polar surface area (TPSA) is 93.2 Å². The van der Waals surface area contributed by atoms with Gasteiger partial charge in [-0.1, -0.05) is 11.6 Å². The molecule has 3 rings (SSSR count). The number of alkyl halides is 3. The van der Waals surface area contributed by atoms with Crippen molar-refractivity contribution in [3.63, 3.8) is 0 Å². The van der Waals surface area contributed by atoms with Gasteiger partial charge in [0.15, 0.2) is 5.15 Å². The molecule has 1 saturated heterocycles. The zero-order chi connectivity index (χ0) is 17.5. The summed E-state index contributed by atoms with van der Waals surface area (Å²) in [6.07, 6.45) is -4.19. The maximum absolute atomic E-state index is 12.1. The molecule has 1 aliphatic carbocycles. The van der Waals surface area contributed by atoms with E-state index in [1.54, 1.807) is 6.07 Å². The number of halogens is 4. The van der Waals surface area contributed by atoms with Crippen LogP contribution in [-0.4, -0.2) is 41.6 Å². The first-order chi connectivity index (χ1) is 11.2. The second-order valence-electron chi connectivity index (χ2n) is 5.63. The number of aromatic nitrogens is 2. The van der Waals surface area contributed by atoms with E-state index < -0.39 is 30.8 Å². The van der Waals surface area contributed by atoms with E-state index in [2.05, 4.69) is 25.6 Å². The molecule has 1 aromatic heterocycles. The van der Waals surface area contributed by atoms with Crippen molar-refractivity contribution in [2.75, 3.05) is 13.2 Å². The molecule has 3 atom stereocenters. The maximum Gasteiger partial charge on any atom is 0.522 e. The number of urea groups is 1. The van der Waals surface area contributed by atoms with Gasteiger partial charge in [-0.3, -0.25) is 14.8 Å². The average Bonchev–Trinajstić information content (AvgIpc) is 3.25. The van der Waals surface area contributed by atoms with Gasteiger partial charge in [-0.25, -0.2) is 4.79 Å². The molecule has 0 aromatic carbocycles. The molecule has 2 aliphatic rings. The number of nitrogens with one attached hydrogen (secondary N) is 2. The van der Waals surface area contributed by atoms with Crippen molar-refractivity contribution < 1.29 is 27.5 Å². The fraction of sp³-hybridized carbons (Fsp3) is 0.538. The van der Waals surface area contributed by atoms with Crippen molar-refractivity contribution in [2.45, 2.75) is 24.6 Å². The van der Waals surface area contributed by atoms with E-state index in [1.807, 2.05) is 0 Å². The van der Waals surface area contributed by atoms with Crippen molar-refractivity contribution >= 4 is 23.5 Å². The Bertz CT molecular complexity index is 685. The van der Waals surface area contributed by atoms with E-state index in [9.17, 15) is 22.8 Å². The van der Waals surface area contributed by atoms with Crippen LogP contribution in [-0.2, 0) is 9.53 Å². The fourth-order valence-corrected chi connectivity index (χ4v) is 2.85. The highest BCUT2D eigenvalue weighted by atomic mass is 35.5. The van der Waals surface area contributed by atoms with Crippen LogP contribution in [0.3, 0.4) is 0 Å². The summed E-state index contributed by atoms with van der Waals surface area (Å²) in [5, 5.41) is 12.3. The quantitative estimate of drug-likeness (QED) is 0.848. The highest BCUT2D eigenvalue weighted by Gasteiger charge is 2.43. The predicted octanol–water partition coefficient (Wildman–Crippen LogP) is 1.69. The lowest BCUT2D eigenvalue weighted by Crippen LogP contribution is -2.51. The molecular weight excluding hydrogens is 353 g/mol. The van der Waals surface area contributed by atoms with E-state index in [0.717, 1.165) is 0 Å². The maximum atomic E-state index is 12.1. The minimum absolute atomic E-state index is 0.0612. The number of amides is 3. The zero-order valence-corrected chi connectivity index (χ0v) is 12.8. The van der Waals surface area contributed by atoms with Gasteiger partial charge < -0.3 is 5.32 Å². The van der Waals surface area contributed by atoms with Gasteiger partial charge in [-0.05, 0) is 29.9 Å². The molecule has 2 heterocycles. The molecule has 7 nitrogen and oxygen atoms in total. The van der Waals surface area contributed by atoms with Crippen molar-refractivity contribution in [1.29, 1.82) is 0 Å². The first-order valence-corrected chi connectivity index (χ1v) is 7.45. The molecule has 24 heavy (non-hydrogen) atoms. The Kier molecular flexibility index (Phi) is 4.35. The van der Waals surface area contributed by atoms with E-state index in [-0.39, 0.29) is 23.5 Å². The number of hydrogen-bond donors (Lipinski definition) is 2. The number of rotatable bonds is 4. The van der Waals surface area contributed by atoms with Gasteiger partial charge in [-0.2, -0.15) is 5.10 Å². The van der Waals surface area contributed by atoms with Gasteiger partial charge in [0.05, 0.1) is 18.2 Å². The third-order valence-electron chi connectivity index (χ3n) is 3.95. The standard InChI is InChI=1S/C13H12ClF3N4O3/c14-10-7(6-1-5(6)4-24-13(15,16)17)2-9(20-21-10)8-3-18-12(23)19-11(8)22/h2,5-6,8H,1,3-4H2,(H2,18,19,22,23)/t5-,6+,8?/m0/s1. The number of carbonyl (C=O) groups excluding carboxylic acids is 2. The highest BCUT2D eigenvalue weighted by molar-refractivity contribution is 6.30. The highest BCUT2D eigenvalue weighted by Crippen LogP contribution is 2.50. The number of hydrogen-bond acceptors (Lipinski definition) is 5. The summed E-state index contributed by atoms with van der Waals surface area (Å²) < 4.78 is 40.1. The molecule has 3 amide bonds. The third kappa shape index (κ3) is 3.75. The first kappa shape index (κ1) is 16.9. The van der Waals surface area contributed by atoms with Crippen LogP contribution < -0.4 is 10.6 Å². The van der Waals surface area contributed by atoms with E-state index >= 15 is 0 Å². The van der Waals surface area contributed by atoms with Gasteiger partial charge >= 0.3 is 12.4 Å². The van der Waals surface area contributed by atoms with Crippen molar-refractivity contribution in [3.8, 4) is 0 Å². The molecule has 1 unspecified atom stereocenters. The number of nitrogens with zero attached hydrogens (tertiary/aromatic N) is 2. The van der Waals surface area contributed by atoms with E-state index in [0.29, 0.717) is 17.7 Å². The summed E-state index contributed by atoms with van der Waals surface area (Å²) in [5.41, 5.74) is 0.830. The molecule has 2 N–H and O–H groups in total. The Balaban J connectivity index is 1.71. The summed E-state index contributed by atoms with van der Waals surface area (Å²) in [7, 11) is 0. The predicted molar refractivity (Wildman–Crippen MR) is 74.2 cm³/mol. The second-order valence-corrected chi connectivity index (χ2v) is 5.98. The van der Waals surface area contributed by atoms with Gasteiger partial charge in [0.1, 0.15) is 0 Å².